The van der Waals surface area contributed by atoms with Crippen LogP contribution >= 0.6 is 0 Å². The van der Waals surface area contributed by atoms with Crippen molar-refractivity contribution >= 4 is 0 Å². The van der Waals surface area contributed by atoms with Crippen LogP contribution in [-0.4, -0.2) is 26.8 Å². The highest BCUT2D eigenvalue weighted by Gasteiger charge is 2.16. The average Bonchev–Trinajstić information content (AvgIpc) is 2.66. The zero-order valence-electron chi connectivity index (χ0n) is 10.5. The smallest absolute Gasteiger partial charge is 0.0948 e. The molecule has 0 aliphatic carbocycles. The molecule has 2 N–H and O–H groups in total. The molecule has 1 aromatic rings. The molecular weight excluding hydrogens is 202 g/mol. The summed E-state index contributed by atoms with van der Waals surface area (Å²) in [7, 11) is 0. The molecular formula is C12H23N3O. The van der Waals surface area contributed by atoms with Crippen molar-refractivity contribution in [2.45, 2.75) is 52.3 Å². The predicted octanol–water partition coefficient (Wildman–Crippen LogP) is 1.54. The molecule has 0 bridgehead atoms. The summed E-state index contributed by atoms with van der Waals surface area (Å²) in [4.78, 5) is 4.14. The van der Waals surface area contributed by atoms with E-state index in [0.29, 0.717) is 6.54 Å². The summed E-state index contributed by atoms with van der Waals surface area (Å²) >= 11 is 0. The summed E-state index contributed by atoms with van der Waals surface area (Å²) in [5.74, 6) is 0. The molecule has 1 heterocycles. The lowest BCUT2D eigenvalue weighted by Crippen LogP contribution is -2.37. The summed E-state index contributed by atoms with van der Waals surface area (Å²) in [6.45, 7) is 8.36. The van der Waals surface area contributed by atoms with Crippen molar-refractivity contribution in [1.29, 1.82) is 0 Å². The molecule has 4 nitrogen and oxygen atoms in total. The molecule has 0 aliphatic rings. The van der Waals surface area contributed by atoms with Gasteiger partial charge in [-0.15, -0.1) is 0 Å². The summed E-state index contributed by atoms with van der Waals surface area (Å²) in [5, 5.41) is 13.1. The minimum absolute atomic E-state index is 0.612. The van der Waals surface area contributed by atoms with E-state index in [2.05, 4.69) is 21.8 Å². The Bertz CT molecular complexity index is 307. The van der Waals surface area contributed by atoms with E-state index in [4.69, 9.17) is 0 Å². The van der Waals surface area contributed by atoms with Crippen LogP contribution in [0, 0.1) is 0 Å². The van der Waals surface area contributed by atoms with Crippen molar-refractivity contribution in [2.24, 2.45) is 0 Å². The molecule has 0 radical (unpaired) electrons. The summed E-state index contributed by atoms with van der Waals surface area (Å²) in [6, 6.07) is 0. The lowest BCUT2D eigenvalue weighted by molar-refractivity contribution is 0.0554. The Morgan fingerprint density at radius 2 is 2.25 bits per heavy atom. The third-order valence-corrected chi connectivity index (χ3v) is 2.84. The Balaban J connectivity index is 2.39. The van der Waals surface area contributed by atoms with Gasteiger partial charge in [0.2, 0.25) is 0 Å². The lowest BCUT2D eigenvalue weighted by Gasteiger charge is -2.21. The van der Waals surface area contributed by atoms with E-state index < -0.39 is 5.60 Å². The fourth-order valence-corrected chi connectivity index (χ4v) is 1.52. The number of hydrogen-bond donors (Lipinski definition) is 2. The monoisotopic (exact) mass is 225 g/mol. The van der Waals surface area contributed by atoms with Gasteiger partial charge in [0.1, 0.15) is 0 Å². The summed E-state index contributed by atoms with van der Waals surface area (Å²) in [6.07, 6.45) is 5.60. The molecule has 0 aromatic carbocycles. The highest BCUT2D eigenvalue weighted by atomic mass is 16.3. The second-order valence-corrected chi connectivity index (χ2v) is 4.53. The predicted molar refractivity (Wildman–Crippen MR) is 65.1 cm³/mol. The van der Waals surface area contributed by atoms with Crippen molar-refractivity contribution < 1.29 is 5.11 Å². The van der Waals surface area contributed by atoms with Crippen LogP contribution in [0.15, 0.2) is 12.5 Å². The number of imidazole rings is 1. The highest BCUT2D eigenvalue weighted by molar-refractivity contribution is 4.98. The van der Waals surface area contributed by atoms with Gasteiger partial charge in [0.15, 0.2) is 0 Å². The van der Waals surface area contributed by atoms with Gasteiger partial charge in [-0.2, -0.15) is 0 Å². The molecule has 1 rings (SSSR count). The van der Waals surface area contributed by atoms with Crippen LogP contribution in [0.3, 0.4) is 0 Å². The van der Waals surface area contributed by atoms with Gasteiger partial charge < -0.3 is 15.0 Å². The lowest BCUT2D eigenvalue weighted by atomic mass is 10.0. The van der Waals surface area contributed by atoms with Gasteiger partial charge in [0.05, 0.1) is 17.6 Å². The molecule has 0 saturated heterocycles. The number of rotatable bonds is 7. The molecule has 1 aromatic heterocycles. The number of hydrogen-bond acceptors (Lipinski definition) is 3. The first-order valence-corrected chi connectivity index (χ1v) is 6.01. The third kappa shape index (κ3) is 3.94. The molecule has 0 aliphatic heterocycles. The van der Waals surface area contributed by atoms with E-state index in [-0.39, 0.29) is 0 Å². The van der Waals surface area contributed by atoms with Gasteiger partial charge >= 0.3 is 0 Å². The topological polar surface area (TPSA) is 50.1 Å². The van der Waals surface area contributed by atoms with Crippen molar-refractivity contribution in [3.05, 3.63) is 18.2 Å². The average molecular weight is 225 g/mol. The van der Waals surface area contributed by atoms with E-state index >= 15 is 0 Å². The Morgan fingerprint density at radius 1 is 1.50 bits per heavy atom. The van der Waals surface area contributed by atoms with E-state index in [1.807, 2.05) is 26.4 Å². The minimum atomic E-state index is -0.615. The van der Waals surface area contributed by atoms with E-state index in [1.54, 1.807) is 0 Å². The fraction of sp³-hybridized carbons (Fsp3) is 0.750. The van der Waals surface area contributed by atoms with Crippen LogP contribution in [0.2, 0.25) is 0 Å². The van der Waals surface area contributed by atoms with E-state index in [1.165, 1.54) is 5.69 Å². The quantitative estimate of drug-likeness (QED) is 0.740. The van der Waals surface area contributed by atoms with Gasteiger partial charge in [0.25, 0.3) is 0 Å². The van der Waals surface area contributed by atoms with Crippen LogP contribution < -0.4 is 5.32 Å². The fourth-order valence-electron chi connectivity index (χ4n) is 1.52. The highest BCUT2D eigenvalue weighted by Crippen LogP contribution is 2.07. The SMILES string of the molecule is CCCn1cncc1CNCC(C)(O)CC. The molecule has 4 heteroatoms. The molecule has 16 heavy (non-hydrogen) atoms. The number of aryl methyl sites for hydroxylation is 1. The van der Waals surface area contributed by atoms with Crippen molar-refractivity contribution in [1.82, 2.24) is 14.9 Å². The Hall–Kier alpha value is -0.870. The third-order valence-electron chi connectivity index (χ3n) is 2.84. The van der Waals surface area contributed by atoms with Gasteiger partial charge in [-0.25, -0.2) is 4.98 Å². The van der Waals surface area contributed by atoms with Crippen LogP contribution in [-0.2, 0) is 13.1 Å². The maximum Gasteiger partial charge on any atom is 0.0948 e. The van der Waals surface area contributed by atoms with E-state index in [0.717, 1.165) is 25.9 Å². The van der Waals surface area contributed by atoms with Crippen molar-refractivity contribution in [3.63, 3.8) is 0 Å². The molecule has 92 valence electrons. The molecule has 0 fully saturated rings. The molecule has 0 saturated carbocycles. The zero-order chi connectivity index (χ0) is 12.0. The molecule has 1 atom stereocenters. The first-order chi connectivity index (χ1) is 7.59. The van der Waals surface area contributed by atoms with Crippen molar-refractivity contribution in [2.75, 3.05) is 6.54 Å². The number of aliphatic hydroxyl groups is 1. The standard InChI is InChI=1S/C12H23N3O/c1-4-6-15-10-14-8-11(15)7-13-9-12(3,16)5-2/h8,10,13,16H,4-7,9H2,1-3H3. The summed E-state index contributed by atoms with van der Waals surface area (Å²) < 4.78 is 2.15. The maximum absolute atomic E-state index is 9.84. The number of nitrogens with zero attached hydrogens (tertiary/aromatic N) is 2. The maximum atomic E-state index is 9.84. The van der Waals surface area contributed by atoms with Crippen LogP contribution in [0.5, 0.6) is 0 Å². The Labute approximate surface area is 97.7 Å². The largest absolute Gasteiger partial charge is 0.389 e. The number of aromatic nitrogens is 2. The molecule has 1 unspecified atom stereocenters. The first-order valence-electron chi connectivity index (χ1n) is 6.01. The minimum Gasteiger partial charge on any atom is -0.389 e. The Morgan fingerprint density at radius 3 is 2.88 bits per heavy atom. The van der Waals surface area contributed by atoms with Gasteiger partial charge in [0, 0.05) is 25.8 Å². The van der Waals surface area contributed by atoms with Gasteiger partial charge in [-0.05, 0) is 19.8 Å². The van der Waals surface area contributed by atoms with E-state index in [9.17, 15) is 5.11 Å². The summed E-state index contributed by atoms with van der Waals surface area (Å²) in [5.41, 5.74) is 0.559. The van der Waals surface area contributed by atoms with Gasteiger partial charge in [-0.1, -0.05) is 13.8 Å². The van der Waals surface area contributed by atoms with Crippen molar-refractivity contribution in [3.8, 4) is 0 Å². The van der Waals surface area contributed by atoms with Crippen LogP contribution in [0.1, 0.15) is 39.3 Å². The second-order valence-electron chi connectivity index (χ2n) is 4.53. The van der Waals surface area contributed by atoms with Crippen LogP contribution in [0.4, 0.5) is 0 Å². The van der Waals surface area contributed by atoms with Crippen LogP contribution in [0.25, 0.3) is 0 Å². The first kappa shape index (κ1) is 13.2. The van der Waals surface area contributed by atoms with Gasteiger partial charge in [-0.3, -0.25) is 0 Å². The second kappa shape index (κ2) is 6.01. The zero-order valence-corrected chi connectivity index (χ0v) is 10.5. The number of nitrogens with one attached hydrogen (secondary N) is 1. The Kier molecular flexibility index (Phi) is 4.96. The normalized spacial score (nSPS) is 15.0. The molecule has 0 amide bonds. The molecule has 0 spiro atoms.